The first kappa shape index (κ1) is 29.4. The standard InChI is InChI=1S/C28H32FN3O6S/c1-5-26(28(34)30-2)31(18-20-6-12-23(37-3)13-7-20)27(33)19-32(22-10-8-21(29)9-11-22)39(35,36)25-16-14-24(38-4)15-17-25/h6-17,26H,5,18-19H2,1-4H3,(H,30,34)/t26-/m1/s1. The number of carbonyl (C=O) groups excluding carboxylic acids is 2. The van der Waals surface area contributed by atoms with Crippen molar-refractivity contribution in [3.8, 4) is 11.5 Å². The van der Waals surface area contributed by atoms with Gasteiger partial charge < -0.3 is 19.7 Å². The molecule has 0 heterocycles. The Kier molecular flexibility index (Phi) is 9.89. The average Bonchev–Trinajstić information content (AvgIpc) is 2.96. The molecule has 208 valence electrons. The van der Waals surface area contributed by atoms with Gasteiger partial charge in [-0.3, -0.25) is 13.9 Å². The van der Waals surface area contributed by atoms with Crippen LogP contribution in [0.5, 0.6) is 11.5 Å². The van der Waals surface area contributed by atoms with E-state index in [2.05, 4.69) is 5.32 Å². The molecule has 0 fully saturated rings. The molecule has 0 aromatic heterocycles. The molecule has 2 amide bonds. The minimum absolute atomic E-state index is 0.0502. The van der Waals surface area contributed by atoms with Crippen LogP contribution >= 0.6 is 0 Å². The highest BCUT2D eigenvalue weighted by atomic mass is 32.2. The van der Waals surface area contributed by atoms with Crippen molar-refractivity contribution in [2.45, 2.75) is 30.8 Å². The molecular weight excluding hydrogens is 525 g/mol. The lowest BCUT2D eigenvalue weighted by molar-refractivity contribution is -0.140. The number of nitrogens with zero attached hydrogens (tertiary/aromatic N) is 2. The topological polar surface area (TPSA) is 105 Å². The fourth-order valence-electron chi connectivity index (χ4n) is 4.02. The molecule has 1 N–H and O–H groups in total. The Balaban J connectivity index is 2.04. The lowest BCUT2D eigenvalue weighted by Crippen LogP contribution is -2.51. The smallest absolute Gasteiger partial charge is 0.264 e. The second-order valence-electron chi connectivity index (χ2n) is 8.57. The zero-order chi connectivity index (χ0) is 28.6. The molecule has 11 heteroatoms. The van der Waals surface area contributed by atoms with E-state index in [0.717, 1.165) is 22.0 Å². The highest BCUT2D eigenvalue weighted by Gasteiger charge is 2.33. The van der Waals surface area contributed by atoms with E-state index in [-0.39, 0.29) is 23.0 Å². The molecule has 0 spiro atoms. The van der Waals surface area contributed by atoms with Crippen LogP contribution in [0.25, 0.3) is 0 Å². The number of amides is 2. The Bertz CT molecular complexity index is 1360. The molecule has 0 aliphatic carbocycles. The second kappa shape index (κ2) is 13.1. The molecule has 0 aliphatic heterocycles. The summed E-state index contributed by atoms with van der Waals surface area (Å²) in [5, 5.41) is 2.58. The van der Waals surface area contributed by atoms with Gasteiger partial charge in [0.05, 0.1) is 24.8 Å². The number of sulfonamides is 1. The SMILES string of the molecule is CC[C@H](C(=O)NC)N(Cc1ccc(OC)cc1)C(=O)CN(c1ccc(F)cc1)S(=O)(=O)c1ccc(OC)cc1. The van der Waals surface area contributed by atoms with Gasteiger partial charge in [-0.1, -0.05) is 19.1 Å². The highest BCUT2D eigenvalue weighted by Crippen LogP contribution is 2.26. The number of ether oxygens (including phenoxy) is 2. The number of benzene rings is 3. The summed E-state index contributed by atoms with van der Waals surface area (Å²) < 4.78 is 52.5. The number of carbonyl (C=O) groups is 2. The van der Waals surface area contributed by atoms with Crippen molar-refractivity contribution < 1.29 is 31.9 Å². The van der Waals surface area contributed by atoms with Crippen molar-refractivity contribution in [2.24, 2.45) is 0 Å². The van der Waals surface area contributed by atoms with Gasteiger partial charge in [0.1, 0.15) is 29.9 Å². The molecule has 0 aliphatic rings. The molecule has 39 heavy (non-hydrogen) atoms. The van der Waals surface area contributed by atoms with Crippen LogP contribution in [0.2, 0.25) is 0 Å². The zero-order valence-corrected chi connectivity index (χ0v) is 23.1. The van der Waals surface area contributed by atoms with E-state index in [1.807, 2.05) is 0 Å². The van der Waals surface area contributed by atoms with Gasteiger partial charge in [-0.05, 0) is 72.6 Å². The molecule has 0 saturated carbocycles. The number of anilines is 1. The van der Waals surface area contributed by atoms with Crippen LogP contribution < -0.4 is 19.1 Å². The van der Waals surface area contributed by atoms with Crippen LogP contribution in [-0.2, 0) is 26.2 Å². The molecule has 9 nitrogen and oxygen atoms in total. The highest BCUT2D eigenvalue weighted by molar-refractivity contribution is 7.92. The van der Waals surface area contributed by atoms with E-state index < -0.39 is 34.3 Å². The Morgan fingerprint density at radius 3 is 1.92 bits per heavy atom. The van der Waals surface area contributed by atoms with Crippen LogP contribution in [0.4, 0.5) is 10.1 Å². The lowest BCUT2D eigenvalue weighted by atomic mass is 10.1. The largest absolute Gasteiger partial charge is 0.497 e. The van der Waals surface area contributed by atoms with Crippen molar-refractivity contribution in [3.05, 3.63) is 84.2 Å². The molecule has 1 atom stereocenters. The number of halogens is 1. The van der Waals surface area contributed by atoms with E-state index in [4.69, 9.17) is 9.47 Å². The maximum absolute atomic E-state index is 13.8. The minimum atomic E-state index is -4.27. The lowest BCUT2D eigenvalue weighted by Gasteiger charge is -2.33. The number of likely N-dealkylation sites (N-methyl/N-ethyl adjacent to an activating group) is 1. The molecule has 0 saturated heterocycles. The van der Waals surface area contributed by atoms with Crippen LogP contribution in [0.1, 0.15) is 18.9 Å². The van der Waals surface area contributed by atoms with Crippen molar-refractivity contribution in [2.75, 3.05) is 32.1 Å². The molecule has 3 rings (SSSR count). The summed E-state index contributed by atoms with van der Waals surface area (Å²) in [5.41, 5.74) is 0.816. The van der Waals surface area contributed by atoms with Crippen LogP contribution in [0.3, 0.4) is 0 Å². The third kappa shape index (κ3) is 7.05. The number of rotatable bonds is 12. The van der Waals surface area contributed by atoms with Crippen molar-refractivity contribution in [3.63, 3.8) is 0 Å². The van der Waals surface area contributed by atoms with E-state index >= 15 is 0 Å². The minimum Gasteiger partial charge on any atom is -0.497 e. The first-order valence-electron chi connectivity index (χ1n) is 12.2. The number of methoxy groups -OCH3 is 2. The van der Waals surface area contributed by atoms with Gasteiger partial charge in [0, 0.05) is 13.6 Å². The van der Waals surface area contributed by atoms with Gasteiger partial charge in [0.2, 0.25) is 11.8 Å². The van der Waals surface area contributed by atoms with E-state index in [1.54, 1.807) is 31.2 Å². The maximum atomic E-state index is 13.8. The Morgan fingerprint density at radius 1 is 0.897 bits per heavy atom. The predicted molar refractivity (Wildman–Crippen MR) is 146 cm³/mol. The summed E-state index contributed by atoms with van der Waals surface area (Å²) in [5.74, 6) is -0.463. The Labute approximate surface area is 228 Å². The third-order valence-electron chi connectivity index (χ3n) is 6.19. The van der Waals surface area contributed by atoms with E-state index in [0.29, 0.717) is 17.9 Å². The van der Waals surface area contributed by atoms with Gasteiger partial charge in [-0.15, -0.1) is 0 Å². The van der Waals surface area contributed by atoms with Crippen molar-refractivity contribution in [1.29, 1.82) is 0 Å². The summed E-state index contributed by atoms with van der Waals surface area (Å²) in [4.78, 5) is 27.8. The van der Waals surface area contributed by atoms with Gasteiger partial charge in [0.15, 0.2) is 0 Å². The zero-order valence-electron chi connectivity index (χ0n) is 22.3. The maximum Gasteiger partial charge on any atom is 0.264 e. The van der Waals surface area contributed by atoms with Gasteiger partial charge >= 0.3 is 0 Å². The van der Waals surface area contributed by atoms with Crippen molar-refractivity contribution >= 4 is 27.5 Å². The van der Waals surface area contributed by atoms with Gasteiger partial charge in [-0.2, -0.15) is 0 Å². The second-order valence-corrected chi connectivity index (χ2v) is 10.4. The van der Waals surface area contributed by atoms with Crippen molar-refractivity contribution in [1.82, 2.24) is 10.2 Å². The molecule has 0 radical (unpaired) electrons. The Morgan fingerprint density at radius 2 is 1.44 bits per heavy atom. The van der Waals surface area contributed by atoms with Crippen LogP contribution in [0, 0.1) is 5.82 Å². The van der Waals surface area contributed by atoms with Gasteiger partial charge in [-0.25, -0.2) is 12.8 Å². The van der Waals surface area contributed by atoms with Crippen LogP contribution in [-0.4, -0.2) is 59.0 Å². The predicted octanol–water partition coefficient (Wildman–Crippen LogP) is 3.59. The fourth-order valence-corrected chi connectivity index (χ4v) is 5.44. The fraction of sp³-hybridized carbons (Fsp3) is 0.286. The van der Waals surface area contributed by atoms with E-state index in [1.165, 1.54) is 62.6 Å². The summed E-state index contributed by atoms with van der Waals surface area (Å²) >= 11 is 0. The first-order valence-corrected chi connectivity index (χ1v) is 13.6. The van der Waals surface area contributed by atoms with E-state index in [9.17, 15) is 22.4 Å². The summed E-state index contributed by atoms with van der Waals surface area (Å²) in [6, 6.07) is 16.7. The summed E-state index contributed by atoms with van der Waals surface area (Å²) in [6.07, 6.45) is 0.295. The number of nitrogens with one attached hydrogen (secondary N) is 1. The molecule has 3 aromatic carbocycles. The van der Waals surface area contributed by atoms with Gasteiger partial charge in [0.25, 0.3) is 10.0 Å². The molecule has 3 aromatic rings. The monoisotopic (exact) mass is 557 g/mol. The number of hydrogen-bond acceptors (Lipinski definition) is 6. The summed E-state index contributed by atoms with van der Waals surface area (Å²) in [6.45, 7) is 1.19. The normalized spacial score (nSPS) is 11.8. The quantitative estimate of drug-likeness (QED) is 0.365. The van der Waals surface area contributed by atoms with Crippen LogP contribution in [0.15, 0.2) is 77.7 Å². The average molecular weight is 558 g/mol. The summed E-state index contributed by atoms with van der Waals surface area (Å²) in [7, 11) is 0.200. The number of hydrogen-bond donors (Lipinski definition) is 1. The molecule has 0 unspecified atom stereocenters. The third-order valence-corrected chi connectivity index (χ3v) is 7.97. The Hall–Kier alpha value is -4.12. The molecular formula is C28H32FN3O6S. The molecule has 0 bridgehead atoms. The first-order chi connectivity index (χ1) is 18.6.